The number of ketones is 1. The molecule has 11 heteroatoms. The summed E-state index contributed by atoms with van der Waals surface area (Å²) in [6.07, 6.45) is 2.48. The van der Waals surface area contributed by atoms with Crippen molar-refractivity contribution < 1.29 is 47.6 Å². The van der Waals surface area contributed by atoms with Crippen molar-refractivity contribution in [3.63, 3.8) is 0 Å². The van der Waals surface area contributed by atoms with Gasteiger partial charge in [-0.15, -0.1) is 0 Å². The van der Waals surface area contributed by atoms with Gasteiger partial charge in [0.15, 0.2) is 0 Å². The second-order valence-corrected chi connectivity index (χ2v) is 7.05. The number of hydrogen-bond donors (Lipinski definition) is 0. The van der Waals surface area contributed by atoms with Crippen LogP contribution < -0.4 is 0 Å². The first-order chi connectivity index (χ1) is 17.1. The number of benzene rings is 1. The standard InChI is InChI=1S/C24H31NO10/c26-21-6-7-22(27)25(21)8-9-30-10-11-31-12-13-32-14-15-33-16-17-34-18-19-35-24(29)23(28)20-4-2-1-3-5-20/h1-7H,8-19H2. The van der Waals surface area contributed by atoms with Crippen molar-refractivity contribution in [2.24, 2.45) is 0 Å². The lowest BCUT2D eigenvalue weighted by atomic mass is 10.1. The van der Waals surface area contributed by atoms with Gasteiger partial charge in [0.2, 0.25) is 0 Å². The number of Topliss-reactive ketones (excluding diaryl/α,β-unsaturated/α-hetero) is 1. The molecule has 1 aliphatic rings. The second-order valence-electron chi connectivity index (χ2n) is 7.05. The molecular weight excluding hydrogens is 462 g/mol. The van der Waals surface area contributed by atoms with Crippen LogP contribution in [0.5, 0.6) is 0 Å². The van der Waals surface area contributed by atoms with Crippen molar-refractivity contribution in [2.45, 2.75) is 0 Å². The number of rotatable bonds is 20. The lowest BCUT2D eigenvalue weighted by Gasteiger charge is -2.13. The SMILES string of the molecule is O=C(OCCOCCOCCOCCOCCOCCN1C(=O)C=CC1=O)C(=O)c1ccccc1. The third-order valence-corrected chi connectivity index (χ3v) is 4.53. The molecule has 1 aromatic carbocycles. The Morgan fingerprint density at radius 1 is 0.600 bits per heavy atom. The normalized spacial score (nSPS) is 13.0. The molecule has 2 amide bonds. The number of esters is 1. The van der Waals surface area contributed by atoms with Gasteiger partial charge in [0, 0.05) is 17.7 Å². The van der Waals surface area contributed by atoms with E-state index in [1.54, 1.807) is 30.3 Å². The van der Waals surface area contributed by atoms with Gasteiger partial charge in [-0.2, -0.15) is 0 Å². The molecule has 1 heterocycles. The molecule has 35 heavy (non-hydrogen) atoms. The Morgan fingerprint density at radius 3 is 1.51 bits per heavy atom. The lowest BCUT2D eigenvalue weighted by Crippen LogP contribution is -2.33. The maximum atomic E-state index is 11.8. The zero-order chi connectivity index (χ0) is 25.1. The molecular formula is C24H31NO10. The number of hydrogen-bond acceptors (Lipinski definition) is 10. The predicted octanol–water partition coefficient (Wildman–Crippen LogP) is 0.421. The van der Waals surface area contributed by atoms with Gasteiger partial charge in [-0.3, -0.25) is 19.3 Å². The van der Waals surface area contributed by atoms with Crippen molar-refractivity contribution in [3.05, 3.63) is 48.0 Å². The summed E-state index contributed by atoms with van der Waals surface area (Å²) in [7, 11) is 0. The summed E-state index contributed by atoms with van der Waals surface area (Å²) < 4.78 is 31.6. The number of ether oxygens (including phenoxy) is 6. The molecule has 192 valence electrons. The fourth-order valence-corrected chi connectivity index (χ4v) is 2.76. The maximum Gasteiger partial charge on any atom is 0.379 e. The highest BCUT2D eigenvalue weighted by Crippen LogP contribution is 2.03. The van der Waals surface area contributed by atoms with Crippen LogP contribution in [0.2, 0.25) is 0 Å². The first kappa shape index (κ1) is 28.3. The molecule has 0 bridgehead atoms. The Balaban J connectivity index is 1.27. The van der Waals surface area contributed by atoms with Crippen LogP contribution in [-0.4, -0.2) is 108 Å². The molecule has 1 aliphatic heterocycles. The van der Waals surface area contributed by atoms with E-state index in [2.05, 4.69) is 0 Å². The minimum atomic E-state index is -0.907. The van der Waals surface area contributed by atoms with Gasteiger partial charge in [-0.1, -0.05) is 30.3 Å². The van der Waals surface area contributed by atoms with Gasteiger partial charge >= 0.3 is 5.97 Å². The van der Waals surface area contributed by atoms with Crippen molar-refractivity contribution >= 4 is 23.6 Å². The van der Waals surface area contributed by atoms with E-state index in [9.17, 15) is 19.2 Å². The smallest absolute Gasteiger partial charge is 0.379 e. The number of imide groups is 1. The van der Waals surface area contributed by atoms with E-state index in [-0.39, 0.29) is 43.7 Å². The summed E-state index contributed by atoms with van der Waals surface area (Å²) >= 11 is 0. The van der Waals surface area contributed by atoms with Gasteiger partial charge in [-0.25, -0.2) is 4.79 Å². The Morgan fingerprint density at radius 2 is 1.03 bits per heavy atom. The highest BCUT2D eigenvalue weighted by Gasteiger charge is 2.22. The van der Waals surface area contributed by atoms with Crippen LogP contribution in [0.1, 0.15) is 10.4 Å². The van der Waals surface area contributed by atoms with Crippen LogP contribution in [-0.2, 0) is 42.8 Å². The Bertz CT molecular complexity index is 809. The van der Waals surface area contributed by atoms with E-state index in [1.807, 2.05) is 0 Å². The zero-order valence-corrected chi connectivity index (χ0v) is 19.6. The monoisotopic (exact) mass is 493 g/mol. The molecule has 11 nitrogen and oxygen atoms in total. The molecule has 0 N–H and O–H groups in total. The van der Waals surface area contributed by atoms with Gasteiger partial charge in [0.1, 0.15) is 6.61 Å². The Labute approximate surface area is 203 Å². The van der Waals surface area contributed by atoms with Gasteiger partial charge in [0.25, 0.3) is 17.6 Å². The van der Waals surface area contributed by atoms with Crippen LogP contribution in [0.25, 0.3) is 0 Å². The van der Waals surface area contributed by atoms with Crippen LogP contribution >= 0.6 is 0 Å². The molecule has 0 aromatic heterocycles. The molecule has 0 unspecified atom stereocenters. The number of carbonyl (C=O) groups is 4. The summed E-state index contributed by atoms with van der Waals surface area (Å²) in [6, 6.07) is 8.21. The average molecular weight is 494 g/mol. The van der Waals surface area contributed by atoms with E-state index >= 15 is 0 Å². The largest absolute Gasteiger partial charge is 0.457 e. The molecule has 0 atom stereocenters. The Kier molecular flexibility index (Phi) is 14.1. The van der Waals surface area contributed by atoms with E-state index in [1.165, 1.54) is 12.2 Å². The van der Waals surface area contributed by atoms with Crippen molar-refractivity contribution in [1.82, 2.24) is 4.90 Å². The average Bonchev–Trinajstić information content (AvgIpc) is 3.20. The molecule has 0 aliphatic carbocycles. The molecule has 0 saturated heterocycles. The molecule has 2 rings (SSSR count). The minimum absolute atomic E-state index is 0.0131. The van der Waals surface area contributed by atoms with Crippen molar-refractivity contribution in [1.29, 1.82) is 0 Å². The molecule has 0 fully saturated rings. The fourth-order valence-electron chi connectivity index (χ4n) is 2.76. The summed E-state index contributed by atoms with van der Waals surface area (Å²) in [5.41, 5.74) is 0.287. The lowest BCUT2D eigenvalue weighted by molar-refractivity contribution is -0.140. The van der Waals surface area contributed by atoms with E-state index in [0.29, 0.717) is 52.9 Å². The molecule has 0 spiro atoms. The third kappa shape index (κ3) is 11.8. The van der Waals surface area contributed by atoms with E-state index in [0.717, 1.165) is 4.90 Å². The van der Waals surface area contributed by atoms with E-state index < -0.39 is 11.8 Å². The highest BCUT2D eigenvalue weighted by atomic mass is 16.6. The quantitative estimate of drug-likeness (QED) is 0.0829. The van der Waals surface area contributed by atoms with Gasteiger partial charge in [0.05, 0.1) is 72.6 Å². The van der Waals surface area contributed by atoms with Crippen molar-refractivity contribution in [3.8, 4) is 0 Å². The molecule has 1 aromatic rings. The number of amides is 2. The number of nitrogens with zero attached hydrogens (tertiary/aromatic N) is 1. The van der Waals surface area contributed by atoms with Crippen LogP contribution in [0.4, 0.5) is 0 Å². The van der Waals surface area contributed by atoms with E-state index in [4.69, 9.17) is 28.4 Å². The summed E-state index contributed by atoms with van der Waals surface area (Å²) in [6.45, 7) is 3.69. The van der Waals surface area contributed by atoms with Gasteiger partial charge < -0.3 is 28.4 Å². The first-order valence-corrected chi connectivity index (χ1v) is 11.3. The van der Waals surface area contributed by atoms with Crippen LogP contribution in [0.3, 0.4) is 0 Å². The van der Waals surface area contributed by atoms with Crippen LogP contribution in [0.15, 0.2) is 42.5 Å². The maximum absolute atomic E-state index is 11.8. The highest BCUT2D eigenvalue weighted by molar-refractivity contribution is 6.40. The minimum Gasteiger partial charge on any atom is -0.457 e. The third-order valence-electron chi connectivity index (χ3n) is 4.53. The summed E-state index contributed by atoms with van der Waals surface area (Å²) in [4.78, 5) is 47.3. The molecule has 0 radical (unpaired) electrons. The number of carbonyl (C=O) groups excluding carboxylic acids is 4. The topological polar surface area (TPSA) is 127 Å². The summed E-state index contributed by atoms with van der Waals surface area (Å²) in [5.74, 6) is -2.23. The zero-order valence-electron chi connectivity index (χ0n) is 19.6. The van der Waals surface area contributed by atoms with Crippen molar-refractivity contribution in [2.75, 3.05) is 79.2 Å². The molecule has 0 saturated carbocycles. The fraction of sp³-hybridized carbons (Fsp3) is 0.500. The summed E-state index contributed by atoms with van der Waals surface area (Å²) in [5, 5.41) is 0. The first-order valence-electron chi connectivity index (χ1n) is 11.3. The predicted molar refractivity (Wildman–Crippen MR) is 122 cm³/mol. The van der Waals surface area contributed by atoms with Crippen LogP contribution in [0, 0.1) is 0 Å². The second kappa shape index (κ2) is 17.5. The van der Waals surface area contributed by atoms with Gasteiger partial charge in [-0.05, 0) is 0 Å². The Hall–Kier alpha value is -2.96.